The van der Waals surface area contributed by atoms with Gasteiger partial charge in [-0.2, -0.15) is 10.4 Å². The van der Waals surface area contributed by atoms with Gasteiger partial charge in [0, 0.05) is 5.02 Å². The molecule has 0 heterocycles. The normalized spacial score (nSPS) is 10.5. The van der Waals surface area contributed by atoms with Gasteiger partial charge in [0.1, 0.15) is 12.4 Å². The Kier molecular flexibility index (Phi) is 6.45. The Morgan fingerprint density at radius 1 is 1.00 bits per heavy atom. The summed E-state index contributed by atoms with van der Waals surface area (Å²) in [4.78, 5) is 0. The zero-order valence-corrected chi connectivity index (χ0v) is 15.4. The standard InChI is InChI=1S/C22H18ClN3O/c23-21-10-8-18(9-11-21)14-25-26-15-20-2-1-3-22(12-20)27-16-19-6-4-17(13-24)5-7-19/h1-12,15,25H,14,16H2/b26-15-. The second-order valence-corrected chi connectivity index (χ2v) is 6.33. The maximum atomic E-state index is 8.83. The summed E-state index contributed by atoms with van der Waals surface area (Å²) in [6.45, 7) is 1.07. The van der Waals surface area contributed by atoms with Crippen LogP contribution in [0.1, 0.15) is 22.3 Å². The van der Waals surface area contributed by atoms with E-state index in [1.54, 1.807) is 18.3 Å². The van der Waals surface area contributed by atoms with E-state index in [0.717, 1.165) is 27.5 Å². The van der Waals surface area contributed by atoms with Gasteiger partial charge in [-0.15, -0.1) is 0 Å². The Morgan fingerprint density at radius 2 is 1.74 bits per heavy atom. The third kappa shape index (κ3) is 5.88. The van der Waals surface area contributed by atoms with Crippen molar-refractivity contribution in [2.24, 2.45) is 5.10 Å². The summed E-state index contributed by atoms with van der Waals surface area (Å²) in [5.74, 6) is 0.765. The van der Waals surface area contributed by atoms with Crippen LogP contribution >= 0.6 is 11.6 Å². The Balaban J connectivity index is 1.51. The Morgan fingerprint density at radius 3 is 2.48 bits per heavy atom. The summed E-state index contributed by atoms with van der Waals surface area (Å²) in [7, 11) is 0. The van der Waals surface area contributed by atoms with Crippen LogP contribution in [0.4, 0.5) is 0 Å². The van der Waals surface area contributed by atoms with Crippen LogP contribution in [0.15, 0.2) is 77.9 Å². The molecule has 0 fully saturated rings. The van der Waals surface area contributed by atoms with E-state index >= 15 is 0 Å². The van der Waals surface area contributed by atoms with E-state index in [2.05, 4.69) is 16.6 Å². The molecule has 5 heteroatoms. The second-order valence-electron chi connectivity index (χ2n) is 5.89. The van der Waals surface area contributed by atoms with E-state index in [0.29, 0.717) is 18.7 Å². The number of hydrogen-bond donors (Lipinski definition) is 1. The maximum Gasteiger partial charge on any atom is 0.120 e. The monoisotopic (exact) mass is 375 g/mol. The molecule has 4 nitrogen and oxygen atoms in total. The van der Waals surface area contributed by atoms with Crippen molar-refractivity contribution in [1.29, 1.82) is 5.26 Å². The molecule has 0 aliphatic heterocycles. The number of ether oxygens (including phenoxy) is 1. The molecule has 0 aliphatic rings. The molecule has 0 saturated heterocycles. The molecule has 0 bridgehead atoms. The molecule has 3 aromatic carbocycles. The second kappa shape index (κ2) is 9.42. The summed E-state index contributed by atoms with van der Waals surface area (Å²) in [5, 5.41) is 13.8. The highest BCUT2D eigenvalue weighted by Gasteiger charge is 1.98. The first-order chi connectivity index (χ1) is 13.2. The molecule has 0 radical (unpaired) electrons. The molecule has 134 valence electrons. The van der Waals surface area contributed by atoms with E-state index in [1.807, 2.05) is 60.7 Å². The Labute approximate surface area is 163 Å². The number of rotatable bonds is 7. The predicted octanol–water partition coefficient (Wildman–Crippen LogP) is 4.91. The van der Waals surface area contributed by atoms with Gasteiger partial charge in [0.05, 0.1) is 24.4 Å². The van der Waals surface area contributed by atoms with Crippen molar-refractivity contribution >= 4 is 17.8 Å². The summed E-state index contributed by atoms with van der Waals surface area (Å²) < 4.78 is 5.82. The minimum absolute atomic E-state index is 0.446. The van der Waals surface area contributed by atoms with Gasteiger partial charge in [0.15, 0.2) is 0 Å². The third-order valence-corrected chi connectivity index (χ3v) is 4.10. The van der Waals surface area contributed by atoms with Crippen LogP contribution < -0.4 is 10.2 Å². The largest absolute Gasteiger partial charge is 0.489 e. The number of hydrazone groups is 1. The molecule has 3 aromatic rings. The van der Waals surface area contributed by atoms with Crippen molar-refractivity contribution in [3.05, 3.63) is 100 Å². The quantitative estimate of drug-likeness (QED) is 0.471. The van der Waals surface area contributed by atoms with Gasteiger partial charge in [-0.05, 0) is 53.1 Å². The molecule has 0 aliphatic carbocycles. The molecule has 0 spiro atoms. The number of nitrogens with zero attached hydrogens (tertiary/aromatic N) is 2. The van der Waals surface area contributed by atoms with Crippen LogP contribution in [0.25, 0.3) is 0 Å². The van der Waals surface area contributed by atoms with E-state index in [4.69, 9.17) is 21.6 Å². The number of hydrogen-bond acceptors (Lipinski definition) is 4. The third-order valence-electron chi connectivity index (χ3n) is 3.85. The SMILES string of the molecule is N#Cc1ccc(COc2cccc(/C=N\NCc3ccc(Cl)cc3)c2)cc1. The van der Waals surface area contributed by atoms with Gasteiger partial charge in [0.25, 0.3) is 0 Å². The van der Waals surface area contributed by atoms with Gasteiger partial charge in [0.2, 0.25) is 0 Å². The molecule has 3 rings (SSSR count). The van der Waals surface area contributed by atoms with E-state index in [-0.39, 0.29) is 0 Å². The van der Waals surface area contributed by atoms with Crippen LogP contribution in [-0.2, 0) is 13.2 Å². The van der Waals surface area contributed by atoms with Crippen molar-refractivity contribution in [2.45, 2.75) is 13.2 Å². The first-order valence-corrected chi connectivity index (χ1v) is 8.83. The lowest BCUT2D eigenvalue weighted by Crippen LogP contribution is -2.05. The molecular formula is C22H18ClN3O. The lowest BCUT2D eigenvalue weighted by Gasteiger charge is -2.07. The van der Waals surface area contributed by atoms with Crippen molar-refractivity contribution in [2.75, 3.05) is 0 Å². The van der Waals surface area contributed by atoms with Crippen LogP contribution in [0.5, 0.6) is 5.75 Å². The molecular weight excluding hydrogens is 358 g/mol. The summed E-state index contributed by atoms with van der Waals surface area (Å²) in [5.41, 5.74) is 6.72. The minimum atomic E-state index is 0.446. The van der Waals surface area contributed by atoms with Crippen molar-refractivity contribution in [3.8, 4) is 11.8 Å². The van der Waals surface area contributed by atoms with Gasteiger partial charge in [-0.1, -0.05) is 48.0 Å². The van der Waals surface area contributed by atoms with Crippen molar-refractivity contribution < 1.29 is 4.74 Å². The maximum absolute atomic E-state index is 8.83. The van der Waals surface area contributed by atoms with Crippen LogP contribution in [0.2, 0.25) is 5.02 Å². The first kappa shape index (κ1) is 18.5. The average molecular weight is 376 g/mol. The average Bonchev–Trinajstić information content (AvgIpc) is 2.72. The lowest BCUT2D eigenvalue weighted by atomic mass is 10.1. The molecule has 0 unspecified atom stereocenters. The topological polar surface area (TPSA) is 57.4 Å². The molecule has 27 heavy (non-hydrogen) atoms. The number of benzene rings is 3. The fraction of sp³-hybridized carbons (Fsp3) is 0.0909. The van der Waals surface area contributed by atoms with E-state index < -0.39 is 0 Å². The zero-order chi connectivity index (χ0) is 18.9. The molecule has 1 N–H and O–H groups in total. The number of nitriles is 1. The molecule has 0 atom stereocenters. The number of halogens is 1. The summed E-state index contributed by atoms with van der Waals surface area (Å²) in [6, 6.07) is 24.8. The molecule has 0 amide bonds. The van der Waals surface area contributed by atoms with E-state index in [9.17, 15) is 0 Å². The van der Waals surface area contributed by atoms with Crippen molar-refractivity contribution in [3.63, 3.8) is 0 Å². The minimum Gasteiger partial charge on any atom is -0.489 e. The fourth-order valence-electron chi connectivity index (χ4n) is 2.39. The predicted molar refractivity (Wildman–Crippen MR) is 108 cm³/mol. The molecule has 0 aromatic heterocycles. The molecule has 0 saturated carbocycles. The van der Waals surface area contributed by atoms with Gasteiger partial charge >= 0.3 is 0 Å². The summed E-state index contributed by atoms with van der Waals surface area (Å²) in [6.07, 6.45) is 1.75. The van der Waals surface area contributed by atoms with Crippen LogP contribution in [0, 0.1) is 11.3 Å². The van der Waals surface area contributed by atoms with E-state index in [1.165, 1.54) is 0 Å². The fourth-order valence-corrected chi connectivity index (χ4v) is 2.51. The Bertz CT molecular complexity index is 945. The highest BCUT2D eigenvalue weighted by atomic mass is 35.5. The highest BCUT2D eigenvalue weighted by molar-refractivity contribution is 6.30. The first-order valence-electron chi connectivity index (χ1n) is 8.45. The van der Waals surface area contributed by atoms with Crippen LogP contribution in [-0.4, -0.2) is 6.21 Å². The Hall–Kier alpha value is -3.29. The van der Waals surface area contributed by atoms with Gasteiger partial charge in [-0.25, -0.2) is 0 Å². The zero-order valence-electron chi connectivity index (χ0n) is 14.6. The smallest absolute Gasteiger partial charge is 0.120 e. The highest BCUT2D eigenvalue weighted by Crippen LogP contribution is 2.15. The van der Waals surface area contributed by atoms with Gasteiger partial charge < -0.3 is 10.2 Å². The lowest BCUT2D eigenvalue weighted by molar-refractivity contribution is 0.306. The van der Waals surface area contributed by atoms with Crippen LogP contribution in [0.3, 0.4) is 0 Å². The number of nitrogens with one attached hydrogen (secondary N) is 1. The van der Waals surface area contributed by atoms with Gasteiger partial charge in [-0.3, -0.25) is 0 Å². The van der Waals surface area contributed by atoms with Crippen molar-refractivity contribution in [1.82, 2.24) is 5.43 Å². The summed E-state index contributed by atoms with van der Waals surface area (Å²) >= 11 is 5.87.